The summed E-state index contributed by atoms with van der Waals surface area (Å²) >= 11 is 16.0. The summed E-state index contributed by atoms with van der Waals surface area (Å²) in [6.45, 7) is 0. The first-order chi connectivity index (χ1) is 17.6. The molecule has 1 saturated heterocycles. The molecule has 0 spiro atoms. The van der Waals surface area contributed by atoms with Crippen molar-refractivity contribution in [2.75, 3.05) is 28.7 Å². The lowest BCUT2D eigenvalue weighted by atomic mass is 10.0. The number of thioether (sulfide) groups is 3. The second-order valence-corrected chi connectivity index (χ2v) is 11.7. The van der Waals surface area contributed by atoms with Crippen LogP contribution in [0.5, 0.6) is 0 Å². The molecule has 194 valence electrons. The summed E-state index contributed by atoms with van der Waals surface area (Å²) in [7, 11) is 0. The molecule has 2 atom stereocenters. The van der Waals surface area contributed by atoms with E-state index in [1.165, 1.54) is 40.2 Å². The van der Waals surface area contributed by atoms with Crippen LogP contribution in [-0.2, 0) is 14.4 Å². The predicted octanol–water partition coefficient (Wildman–Crippen LogP) is 3.13. The molecule has 6 N–H and O–H groups in total. The zero-order valence-electron chi connectivity index (χ0n) is 18.9. The summed E-state index contributed by atoms with van der Waals surface area (Å²) in [5.41, 5.74) is 11.7. The standard InChI is InChI=1S/C22H20Cl2N6O4S3/c23-11-3-4-12(24)13(6-11)36-9-15(31)28-17-19(32)30-18(21(33)34)10(8-37-20(17)30)2-1-5-35-16-7-14(25)27-22(26)29-16/h1-4,6-7,17,20H,5,8-9H2,(H,28,31)(H,33,34)(H4,25,26,27,29)/b2-1+/t17-,20-/m1/s1. The highest BCUT2D eigenvalue weighted by molar-refractivity contribution is 8.00. The van der Waals surface area contributed by atoms with Crippen LogP contribution in [0.1, 0.15) is 0 Å². The molecule has 2 aliphatic rings. The Morgan fingerprint density at radius 1 is 1.24 bits per heavy atom. The number of nitrogens with two attached hydrogens (primary N) is 2. The number of β-lactam (4-membered cyclic amide) rings is 1. The van der Waals surface area contributed by atoms with Crippen molar-refractivity contribution in [1.29, 1.82) is 0 Å². The zero-order valence-corrected chi connectivity index (χ0v) is 22.9. The molecule has 37 heavy (non-hydrogen) atoms. The molecule has 2 aliphatic heterocycles. The third-order valence-electron chi connectivity index (χ3n) is 5.16. The fourth-order valence-corrected chi connectivity index (χ4v) is 6.92. The minimum atomic E-state index is -1.21. The molecule has 2 aromatic rings. The van der Waals surface area contributed by atoms with E-state index in [4.69, 9.17) is 34.7 Å². The van der Waals surface area contributed by atoms with E-state index in [-0.39, 0.29) is 29.1 Å². The molecule has 3 heterocycles. The second-order valence-electron chi connectivity index (χ2n) is 7.70. The maximum atomic E-state index is 12.8. The molecule has 0 bridgehead atoms. The van der Waals surface area contributed by atoms with Gasteiger partial charge in [0.05, 0.1) is 10.8 Å². The lowest BCUT2D eigenvalue weighted by Gasteiger charge is -2.49. The average Bonchev–Trinajstić information content (AvgIpc) is 2.84. The van der Waals surface area contributed by atoms with Crippen LogP contribution >= 0.6 is 58.5 Å². The highest BCUT2D eigenvalue weighted by Gasteiger charge is 2.53. The summed E-state index contributed by atoms with van der Waals surface area (Å²) in [5, 5.41) is 13.6. The van der Waals surface area contributed by atoms with Gasteiger partial charge in [0.15, 0.2) is 0 Å². The topological polar surface area (TPSA) is 165 Å². The molecule has 0 saturated carbocycles. The number of carbonyl (C=O) groups excluding carboxylic acids is 2. The van der Waals surface area contributed by atoms with Gasteiger partial charge in [-0.3, -0.25) is 14.5 Å². The number of nitrogens with zero attached hydrogens (tertiary/aromatic N) is 3. The number of amides is 2. The van der Waals surface area contributed by atoms with Crippen LogP contribution in [0, 0.1) is 0 Å². The van der Waals surface area contributed by atoms with Gasteiger partial charge in [0.2, 0.25) is 11.9 Å². The number of carboxylic acid groups (broad SMARTS) is 1. The highest BCUT2D eigenvalue weighted by Crippen LogP contribution is 2.41. The van der Waals surface area contributed by atoms with Crippen molar-refractivity contribution in [3.63, 3.8) is 0 Å². The van der Waals surface area contributed by atoms with Gasteiger partial charge >= 0.3 is 5.97 Å². The lowest BCUT2D eigenvalue weighted by molar-refractivity contribution is -0.150. The number of anilines is 2. The normalized spacial score (nSPS) is 19.1. The maximum Gasteiger partial charge on any atom is 0.352 e. The summed E-state index contributed by atoms with van der Waals surface area (Å²) < 4.78 is 0. The van der Waals surface area contributed by atoms with Gasteiger partial charge in [0.25, 0.3) is 5.91 Å². The van der Waals surface area contributed by atoms with Crippen LogP contribution in [-0.4, -0.2) is 66.4 Å². The van der Waals surface area contributed by atoms with Crippen molar-refractivity contribution in [3.8, 4) is 0 Å². The Morgan fingerprint density at radius 2 is 2.03 bits per heavy atom. The minimum absolute atomic E-state index is 0.0259. The van der Waals surface area contributed by atoms with Crippen LogP contribution in [0.2, 0.25) is 10.0 Å². The number of rotatable bonds is 9. The molecular formula is C22H20Cl2N6O4S3. The van der Waals surface area contributed by atoms with Crippen LogP contribution in [0.15, 0.2) is 57.6 Å². The first kappa shape index (κ1) is 27.5. The zero-order chi connectivity index (χ0) is 26.7. The van der Waals surface area contributed by atoms with E-state index in [0.717, 1.165) is 0 Å². The van der Waals surface area contributed by atoms with E-state index in [9.17, 15) is 19.5 Å². The number of fused-ring (bicyclic) bond motifs is 1. The molecular weight excluding hydrogens is 579 g/mol. The van der Waals surface area contributed by atoms with E-state index in [1.54, 1.807) is 36.4 Å². The number of carbonyl (C=O) groups is 3. The Morgan fingerprint density at radius 3 is 2.76 bits per heavy atom. The highest BCUT2D eigenvalue weighted by atomic mass is 35.5. The summed E-state index contributed by atoms with van der Waals surface area (Å²) in [6, 6.07) is 5.73. The van der Waals surface area contributed by atoms with Crippen molar-refractivity contribution in [1.82, 2.24) is 20.2 Å². The molecule has 10 nitrogen and oxygen atoms in total. The van der Waals surface area contributed by atoms with Crippen LogP contribution in [0.4, 0.5) is 11.8 Å². The summed E-state index contributed by atoms with van der Waals surface area (Å²) in [5.74, 6) is -0.853. The number of aliphatic carboxylic acids is 1. The number of aromatic nitrogens is 2. The van der Waals surface area contributed by atoms with Crippen LogP contribution in [0.25, 0.3) is 0 Å². The molecule has 2 amide bonds. The van der Waals surface area contributed by atoms with Gasteiger partial charge in [-0.1, -0.05) is 35.4 Å². The minimum Gasteiger partial charge on any atom is -0.477 e. The number of hydrogen-bond donors (Lipinski definition) is 4. The Labute approximate surface area is 234 Å². The largest absolute Gasteiger partial charge is 0.477 e. The second kappa shape index (κ2) is 11.9. The first-order valence-corrected chi connectivity index (χ1v) is 14.4. The van der Waals surface area contributed by atoms with E-state index in [0.29, 0.717) is 37.0 Å². The summed E-state index contributed by atoms with van der Waals surface area (Å²) in [6.07, 6.45) is 3.46. The number of allylic oxidation sites excluding steroid dienone is 1. The molecule has 0 unspecified atom stereocenters. The van der Waals surface area contributed by atoms with Gasteiger partial charge in [-0.05, 0) is 23.8 Å². The maximum absolute atomic E-state index is 12.8. The quantitative estimate of drug-likeness (QED) is 0.190. The number of hydrogen-bond acceptors (Lipinski definition) is 10. The molecule has 15 heteroatoms. The third-order valence-corrected chi connectivity index (χ3v) is 9.05. The van der Waals surface area contributed by atoms with Crippen LogP contribution < -0.4 is 16.8 Å². The van der Waals surface area contributed by atoms with Gasteiger partial charge in [-0.15, -0.1) is 35.3 Å². The number of halogens is 2. The predicted molar refractivity (Wildman–Crippen MR) is 148 cm³/mol. The fourth-order valence-electron chi connectivity index (χ4n) is 3.58. The third kappa shape index (κ3) is 6.47. The Kier molecular flexibility index (Phi) is 8.80. The van der Waals surface area contributed by atoms with E-state index < -0.39 is 23.3 Å². The molecule has 4 rings (SSSR count). The number of carboxylic acids is 1. The van der Waals surface area contributed by atoms with E-state index >= 15 is 0 Å². The van der Waals surface area contributed by atoms with Gasteiger partial charge < -0.3 is 21.9 Å². The molecule has 1 fully saturated rings. The van der Waals surface area contributed by atoms with Crippen molar-refractivity contribution in [2.45, 2.75) is 21.3 Å². The SMILES string of the molecule is Nc1cc(SC/C=C/C2=C(C(=O)O)N3C(=O)[C@@H](NC(=O)CSc4cc(Cl)ccc4Cl)[C@H]3SC2)nc(N)n1. The smallest absolute Gasteiger partial charge is 0.352 e. The van der Waals surface area contributed by atoms with Crippen molar-refractivity contribution >= 4 is 88.0 Å². The van der Waals surface area contributed by atoms with E-state index in [1.807, 2.05) is 0 Å². The fraction of sp³-hybridized carbons (Fsp3) is 0.227. The van der Waals surface area contributed by atoms with Gasteiger partial charge in [0.1, 0.15) is 28.0 Å². The molecule has 0 radical (unpaired) electrons. The number of nitrogens with one attached hydrogen (secondary N) is 1. The van der Waals surface area contributed by atoms with Gasteiger partial charge in [-0.2, -0.15) is 4.98 Å². The van der Waals surface area contributed by atoms with Crippen molar-refractivity contribution < 1.29 is 19.5 Å². The average molecular weight is 600 g/mol. The summed E-state index contributed by atoms with van der Waals surface area (Å²) in [4.78, 5) is 47.1. The lowest BCUT2D eigenvalue weighted by Crippen LogP contribution is -2.70. The monoisotopic (exact) mass is 598 g/mol. The first-order valence-electron chi connectivity index (χ1n) is 10.6. The Balaban J connectivity index is 1.36. The van der Waals surface area contributed by atoms with Crippen molar-refractivity contribution in [3.05, 3.63) is 57.7 Å². The Bertz CT molecular complexity index is 1310. The molecule has 0 aliphatic carbocycles. The van der Waals surface area contributed by atoms with E-state index in [2.05, 4.69) is 15.3 Å². The number of benzene rings is 1. The Hall–Kier alpha value is -2.58. The van der Waals surface area contributed by atoms with Crippen LogP contribution in [0.3, 0.4) is 0 Å². The number of nitrogen functional groups attached to an aromatic ring is 2. The molecule has 1 aromatic heterocycles. The van der Waals surface area contributed by atoms with Crippen molar-refractivity contribution in [2.24, 2.45) is 0 Å². The molecule has 1 aromatic carbocycles. The van der Waals surface area contributed by atoms with Gasteiger partial charge in [-0.25, -0.2) is 9.78 Å². The van der Waals surface area contributed by atoms with Gasteiger partial charge in [0, 0.05) is 27.5 Å².